The van der Waals surface area contributed by atoms with Crippen LogP contribution in [0.4, 0.5) is 0 Å². The van der Waals surface area contributed by atoms with Gasteiger partial charge in [0.15, 0.2) is 6.61 Å². The standard InChI is InChI=1S/C16H21N3O3S/c1-3-4-8-17-14(20)11-23-16-19-18-15(22-16)10-21-13-7-5-6-12(2)9-13/h5-7,9H,3-4,8,10-11H2,1-2H3,(H,17,20). The van der Waals surface area contributed by atoms with Crippen molar-refractivity contribution >= 4 is 17.7 Å². The fraction of sp³-hybridized carbons (Fsp3) is 0.438. The Labute approximate surface area is 140 Å². The molecule has 0 aliphatic carbocycles. The van der Waals surface area contributed by atoms with Gasteiger partial charge in [-0.05, 0) is 31.0 Å². The van der Waals surface area contributed by atoms with E-state index in [4.69, 9.17) is 9.15 Å². The largest absolute Gasteiger partial charge is 0.484 e. The average molecular weight is 335 g/mol. The van der Waals surface area contributed by atoms with E-state index >= 15 is 0 Å². The molecular weight excluding hydrogens is 314 g/mol. The highest BCUT2D eigenvalue weighted by atomic mass is 32.2. The zero-order chi connectivity index (χ0) is 16.5. The van der Waals surface area contributed by atoms with E-state index in [1.54, 1.807) is 0 Å². The van der Waals surface area contributed by atoms with Crippen LogP contribution in [0.5, 0.6) is 5.75 Å². The van der Waals surface area contributed by atoms with Crippen molar-refractivity contribution in [1.82, 2.24) is 15.5 Å². The van der Waals surface area contributed by atoms with Crippen LogP contribution < -0.4 is 10.1 Å². The summed E-state index contributed by atoms with van der Waals surface area (Å²) in [6.45, 7) is 4.99. The van der Waals surface area contributed by atoms with Crippen molar-refractivity contribution in [3.63, 3.8) is 0 Å². The minimum atomic E-state index is -0.0285. The molecule has 0 aliphatic rings. The van der Waals surface area contributed by atoms with E-state index in [1.807, 2.05) is 31.2 Å². The van der Waals surface area contributed by atoms with Crippen LogP contribution in [0.1, 0.15) is 31.2 Å². The van der Waals surface area contributed by atoms with Crippen molar-refractivity contribution < 1.29 is 13.9 Å². The molecule has 1 aromatic carbocycles. The highest BCUT2D eigenvalue weighted by molar-refractivity contribution is 7.99. The number of ether oxygens (including phenoxy) is 1. The van der Waals surface area contributed by atoms with Crippen LogP contribution in [0.15, 0.2) is 33.9 Å². The first-order valence-electron chi connectivity index (χ1n) is 7.58. The Morgan fingerprint density at radius 1 is 1.39 bits per heavy atom. The molecule has 0 unspecified atom stereocenters. The number of thioether (sulfide) groups is 1. The molecule has 1 aromatic heterocycles. The summed E-state index contributed by atoms with van der Waals surface area (Å²) < 4.78 is 11.0. The predicted octanol–water partition coefficient (Wildman–Crippen LogP) is 2.97. The first kappa shape index (κ1) is 17.3. The van der Waals surface area contributed by atoms with Crippen molar-refractivity contribution in [2.75, 3.05) is 12.3 Å². The van der Waals surface area contributed by atoms with Crippen LogP contribution in [0.3, 0.4) is 0 Å². The Bertz CT molecular complexity index is 631. The van der Waals surface area contributed by atoms with Gasteiger partial charge >= 0.3 is 0 Å². The lowest BCUT2D eigenvalue weighted by atomic mass is 10.2. The Balaban J connectivity index is 1.74. The maximum Gasteiger partial charge on any atom is 0.277 e. The van der Waals surface area contributed by atoms with Crippen molar-refractivity contribution in [1.29, 1.82) is 0 Å². The molecule has 0 radical (unpaired) electrons. The first-order chi connectivity index (χ1) is 11.2. The quantitative estimate of drug-likeness (QED) is 0.561. The molecule has 0 saturated carbocycles. The molecule has 0 bridgehead atoms. The smallest absolute Gasteiger partial charge is 0.277 e. The second-order valence-corrected chi connectivity index (χ2v) is 5.99. The summed E-state index contributed by atoms with van der Waals surface area (Å²) in [4.78, 5) is 11.6. The monoisotopic (exact) mass is 335 g/mol. The summed E-state index contributed by atoms with van der Waals surface area (Å²) in [5, 5.41) is 11.0. The maximum atomic E-state index is 11.6. The van der Waals surface area contributed by atoms with Crippen LogP contribution >= 0.6 is 11.8 Å². The van der Waals surface area contributed by atoms with E-state index in [1.165, 1.54) is 11.8 Å². The predicted molar refractivity (Wildman–Crippen MR) is 88.5 cm³/mol. The third kappa shape index (κ3) is 6.32. The molecule has 2 rings (SSSR count). The number of rotatable bonds is 9. The molecular formula is C16H21N3O3S. The fourth-order valence-corrected chi connectivity index (χ4v) is 2.40. The molecule has 1 heterocycles. The van der Waals surface area contributed by atoms with Gasteiger partial charge < -0.3 is 14.5 Å². The number of nitrogens with one attached hydrogen (secondary N) is 1. The van der Waals surface area contributed by atoms with Crippen molar-refractivity contribution in [3.05, 3.63) is 35.7 Å². The van der Waals surface area contributed by atoms with Gasteiger partial charge in [0.2, 0.25) is 5.91 Å². The molecule has 0 fully saturated rings. The lowest BCUT2D eigenvalue weighted by molar-refractivity contribution is -0.118. The highest BCUT2D eigenvalue weighted by Gasteiger charge is 2.10. The highest BCUT2D eigenvalue weighted by Crippen LogP contribution is 2.18. The summed E-state index contributed by atoms with van der Waals surface area (Å²) in [7, 11) is 0. The number of aromatic nitrogens is 2. The summed E-state index contributed by atoms with van der Waals surface area (Å²) in [6.07, 6.45) is 2.04. The van der Waals surface area contributed by atoms with Gasteiger partial charge in [0.1, 0.15) is 5.75 Å². The topological polar surface area (TPSA) is 77.2 Å². The van der Waals surface area contributed by atoms with Gasteiger partial charge in [0.25, 0.3) is 11.1 Å². The van der Waals surface area contributed by atoms with Crippen molar-refractivity contribution in [3.8, 4) is 5.75 Å². The Morgan fingerprint density at radius 3 is 3.04 bits per heavy atom. The van der Waals surface area contributed by atoms with E-state index < -0.39 is 0 Å². The molecule has 0 atom stereocenters. The van der Waals surface area contributed by atoms with Crippen molar-refractivity contribution in [2.45, 2.75) is 38.5 Å². The number of benzene rings is 1. The molecule has 0 aliphatic heterocycles. The van der Waals surface area contributed by atoms with Gasteiger partial charge in [-0.3, -0.25) is 4.79 Å². The van der Waals surface area contributed by atoms with E-state index in [9.17, 15) is 4.79 Å². The number of unbranched alkanes of at least 4 members (excludes halogenated alkanes) is 1. The molecule has 7 heteroatoms. The SMILES string of the molecule is CCCCNC(=O)CSc1nnc(COc2cccc(C)c2)o1. The average Bonchev–Trinajstić information content (AvgIpc) is 2.99. The normalized spacial score (nSPS) is 10.5. The van der Waals surface area contributed by atoms with Gasteiger partial charge in [-0.25, -0.2) is 0 Å². The Morgan fingerprint density at radius 2 is 2.26 bits per heavy atom. The van der Waals surface area contributed by atoms with E-state index in [2.05, 4.69) is 22.4 Å². The molecule has 124 valence electrons. The number of nitrogens with zero attached hydrogens (tertiary/aromatic N) is 2. The number of hydrogen-bond acceptors (Lipinski definition) is 6. The van der Waals surface area contributed by atoms with Gasteiger partial charge in [-0.1, -0.05) is 37.2 Å². The first-order valence-corrected chi connectivity index (χ1v) is 8.57. The van der Waals surface area contributed by atoms with Crippen LogP contribution in [0.25, 0.3) is 0 Å². The van der Waals surface area contributed by atoms with Gasteiger partial charge in [0, 0.05) is 6.54 Å². The number of aryl methyl sites for hydroxylation is 1. The summed E-state index contributed by atoms with van der Waals surface area (Å²) in [6, 6.07) is 7.74. The summed E-state index contributed by atoms with van der Waals surface area (Å²) >= 11 is 1.22. The molecule has 1 N–H and O–H groups in total. The Hall–Kier alpha value is -2.02. The lowest BCUT2D eigenvalue weighted by Crippen LogP contribution is -2.25. The van der Waals surface area contributed by atoms with Gasteiger partial charge in [-0.15, -0.1) is 10.2 Å². The third-order valence-corrected chi connectivity index (χ3v) is 3.80. The molecule has 0 spiro atoms. The van der Waals surface area contributed by atoms with Gasteiger partial charge in [0.05, 0.1) is 5.75 Å². The number of hydrogen-bond donors (Lipinski definition) is 1. The second kappa shape index (κ2) is 9.19. The number of amides is 1. The minimum Gasteiger partial charge on any atom is -0.484 e. The second-order valence-electron chi connectivity index (χ2n) is 5.06. The molecule has 0 saturated heterocycles. The number of carbonyl (C=O) groups excluding carboxylic acids is 1. The third-order valence-electron chi connectivity index (χ3n) is 2.98. The van der Waals surface area contributed by atoms with E-state index in [0.717, 1.165) is 24.2 Å². The zero-order valence-electron chi connectivity index (χ0n) is 13.4. The van der Waals surface area contributed by atoms with Crippen LogP contribution in [-0.4, -0.2) is 28.4 Å². The van der Waals surface area contributed by atoms with Crippen LogP contribution in [0, 0.1) is 6.92 Å². The van der Waals surface area contributed by atoms with Crippen LogP contribution in [0.2, 0.25) is 0 Å². The van der Waals surface area contributed by atoms with Gasteiger partial charge in [-0.2, -0.15) is 0 Å². The van der Waals surface area contributed by atoms with Crippen molar-refractivity contribution in [2.24, 2.45) is 0 Å². The molecule has 23 heavy (non-hydrogen) atoms. The Kier molecular flexibility index (Phi) is 6.93. The zero-order valence-corrected chi connectivity index (χ0v) is 14.2. The minimum absolute atomic E-state index is 0.0285. The molecule has 2 aromatic rings. The summed E-state index contributed by atoms with van der Waals surface area (Å²) in [5.41, 5.74) is 1.12. The molecule has 6 nitrogen and oxygen atoms in total. The molecule has 1 amide bonds. The number of carbonyl (C=O) groups is 1. The van der Waals surface area contributed by atoms with E-state index in [-0.39, 0.29) is 18.3 Å². The van der Waals surface area contributed by atoms with E-state index in [0.29, 0.717) is 17.7 Å². The maximum absolute atomic E-state index is 11.6. The fourth-order valence-electron chi connectivity index (χ4n) is 1.79. The summed E-state index contributed by atoms with van der Waals surface area (Å²) in [5.74, 6) is 1.39. The lowest BCUT2D eigenvalue weighted by Gasteiger charge is -2.03. The van der Waals surface area contributed by atoms with Crippen LogP contribution in [-0.2, 0) is 11.4 Å².